The average Bonchev–Trinajstić information content (AvgIpc) is 4.07. The minimum Gasteiger partial charge on any atom is -0.453 e. The first-order valence-electron chi connectivity index (χ1n) is 20.0. The first-order valence-corrected chi connectivity index (χ1v) is 20.0. The number of likely N-dealkylation sites (tertiary alicyclic amines) is 1. The van der Waals surface area contributed by atoms with E-state index in [4.69, 9.17) is 29.2 Å². The molecule has 4 N–H and O–H groups in total. The second kappa shape index (κ2) is 18.1. The Morgan fingerprint density at radius 3 is 2.07 bits per heavy atom. The highest BCUT2D eigenvalue weighted by molar-refractivity contribution is 5.88. The van der Waals surface area contributed by atoms with Crippen LogP contribution in [0.4, 0.5) is 9.59 Å². The Hall–Kier alpha value is -6.62. The van der Waals surface area contributed by atoms with E-state index in [9.17, 15) is 19.2 Å². The number of rotatable bonds is 12. The summed E-state index contributed by atoms with van der Waals surface area (Å²) in [6, 6.07) is 11.4. The number of H-pyrrole nitrogens is 2. The van der Waals surface area contributed by atoms with Crippen molar-refractivity contribution in [1.29, 1.82) is 0 Å². The molecule has 5 atom stereocenters. The molecule has 5 heterocycles. The Labute approximate surface area is 347 Å². The number of aromatic nitrogens is 6. The van der Waals surface area contributed by atoms with Crippen LogP contribution in [-0.4, -0.2) is 116 Å². The van der Waals surface area contributed by atoms with Crippen LogP contribution in [0.1, 0.15) is 63.8 Å². The van der Waals surface area contributed by atoms with Crippen LogP contribution in [0.3, 0.4) is 0 Å². The average molecular weight is 819 g/mol. The molecule has 2 aromatic carbocycles. The van der Waals surface area contributed by atoms with Gasteiger partial charge in [0.1, 0.15) is 29.8 Å². The summed E-state index contributed by atoms with van der Waals surface area (Å²) in [4.78, 5) is 80.6. The third-order valence-corrected chi connectivity index (χ3v) is 11.1. The van der Waals surface area contributed by atoms with Crippen molar-refractivity contribution in [3.63, 3.8) is 0 Å². The predicted molar refractivity (Wildman–Crippen MR) is 222 cm³/mol. The van der Waals surface area contributed by atoms with E-state index in [2.05, 4.69) is 25.6 Å². The van der Waals surface area contributed by atoms with Crippen molar-refractivity contribution in [3.05, 3.63) is 84.9 Å². The van der Waals surface area contributed by atoms with Crippen LogP contribution >= 0.6 is 0 Å². The van der Waals surface area contributed by atoms with E-state index in [0.29, 0.717) is 42.5 Å². The third kappa shape index (κ3) is 8.71. The van der Waals surface area contributed by atoms with E-state index in [1.807, 2.05) is 68.5 Å². The molecular formula is C43H50N10O7. The topological polar surface area (TPSA) is 210 Å². The summed E-state index contributed by atoms with van der Waals surface area (Å²) in [6.45, 7) is 6.52. The summed E-state index contributed by atoms with van der Waals surface area (Å²) < 4.78 is 14.9. The Morgan fingerprint density at radius 1 is 0.750 bits per heavy atom. The molecule has 60 heavy (non-hydrogen) atoms. The van der Waals surface area contributed by atoms with Gasteiger partial charge in [0.2, 0.25) is 11.8 Å². The number of aromatic amines is 2. The maximum absolute atomic E-state index is 13.8. The van der Waals surface area contributed by atoms with Crippen LogP contribution in [0, 0.1) is 5.92 Å². The number of ether oxygens (including phenoxy) is 3. The minimum atomic E-state index is -0.951. The molecular weight excluding hydrogens is 769 g/mol. The molecule has 0 unspecified atom stereocenters. The molecule has 4 amide bonds. The minimum absolute atomic E-state index is 0.118. The molecule has 17 heteroatoms. The lowest BCUT2D eigenvalue weighted by Gasteiger charge is -2.35. The fraction of sp³-hybridized carbons (Fsp3) is 0.395. The maximum Gasteiger partial charge on any atom is 0.407 e. The summed E-state index contributed by atoms with van der Waals surface area (Å²) in [6.07, 6.45) is 9.50. The fourth-order valence-corrected chi connectivity index (χ4v) is 7.67. The van der Waals surface area contributed by atoms with E-state index in [1.165, 1.54) is 21.3 Å². The smallest absolute Gasteiger partial charge is 0.407 e. The van der Waals surface area contributed by atoms with Gasteiger partial charge in [-0.05, 0) is 49.8 Å². The van der Waals surface area contributed by atoms with Crippen molar-refractivity contribution < 1.29 is 33.4 Å². The molecule has 2 aliphatic heterocycles. The van der Waals surface area contributed by atoms with Crippen LogP contribution in [0.15, 0.2) is 73.2 Å². The van der Waals surface area contributed by atoms with E-state index in [1.54, 1.807) is 35.3 Å². The molecule has 17 nitrogen and oxygen atoms in total. The lowest BCUT2D eigenvalue weighted by molar-refractivity contribution is -0.138. The molecule has 5 aromatic rings. The first kappa shape index (κ1) is 41.5. The van der Waals surface area contributed by atoms with Crippen molar-refractivity contribution in [2.45, 2.75) is 70.3 Å². The molecule has 1 fully saturated rings. The van der Waals surface area contributed by atoms with E-state index >= 15 is 0 Å². The number of carbonyl (C=O) groups is 4. The number of alkyl carbamates (subject to hydrolysis) is 2. The highest BCUT2D eigenvalue weighted by Gasteiger charge is 2.38. The van der Waals surface area contributed by atoms with Crippen molar-refractivity contribution in [1.82, 2.24) is 50.3 Å². The number of methoxy groups -OCH3 is 3. The largest absolute Gasteiger partial charge is 0.453 e. The summed E-state index contributed by atoms with van der Waals surface area (Å²) in [5.74, 6) is 0.708. The Balaban J connectivity index is 1.03. The number of carbonyl (C=O) groups excluding carboxylic acids is 4. The van der Waals surface area contributed by atoms with Crippen LogP contribution in [0.2, 0.25) is 0 Å². The fourth-order valence-electron chi connectivity index (χ4n) is 7.67. The molecule has 0 saturated carbocycles. The lowest BCUT2D eigenvalue weighted by atomic mass is 10.0. The zero-order valence-electron chi connectivity index (χ0n) is 34.5. The summed E-state index contributed by atoms with van der Waals surface area (Å²) in [5.41, 5.74) is 6.36. The third-order valence-electron chi connectivity index (χ3n) is 11.1. The predicted octanol–water partition coefficient (Wildman–Crippen LogP) is 5.71. The lowest BCUT2D eigenvalue weighted by Crippen LogP contribution is -2.55. The highest BCUT2D eigenvalue weighted by Crippen LogP contribution is 2.34. The SMILES string of the molecule is COC(=O)N[C@H](C(=O)N1CCC[C@H]1c1ncc(-c2ccc(-c3cnc(-c4ccc5nc([C@@H]6C=CCCN6C(=O)[C@@H](NC(=O)OC)[C@@H](C)OC)[nH]c5c4)cn3)cc2)[nH]1)C(C)C. The molecule has 1 saturated heterocycles. The maximum atomic E-state index is 13.8. The van der Waals surface area contributed by atoms with Crippen LogP contribution in [0.5, 0.6) is 0 Å². The van der Waals surface area contributed by atoms with Gasteiger partial charge in [-0.2, -0.15) is 0 Å². The van der Waals surface area contributed by atoms with Crippen molar-refractivity contribution >= 4 is 35.0 Å². The number of amides is 4. The standard InChI is InChI=1S/C43H50N10O7/c1-24(2)36(50-42(56)59-5)40(54)53-19-9-11-34(53)38-46-23-33(49-38)27-14-12-26(13-15-27)31-21-45-32(22-44-31)28-16-17-29-30(20-28)48-39(47-29)35-10-7-8-18-52(35)41(55)37(25(3)58-4)51-43(57)60-6/h7,10,12-17,20-25,34-37H,8-9,11,18-19H2,1-6H3,(H,46,49)(H,47,48)(H,50,56)(H,51,57)/t25-,34+,35+,36+,37+/m1/s1. The van der Waals surface area contributed by atoms with E-state index < -0.39 is 36.4 Å². The number of fused-ring (bicyclic) bond motifs is 1. The molecule has 0 radical (unpaired) electrons. The highest BCUT2D eigenvalue weighted by atomic mass is 16.5. The van der Waals surface area contributed by atoms with Crippen molar-refractivity contribution in [2.75, 3.05) is 34.4 Å². The molecule has 0 aliphatic carbocycles. The number of benzene rings is 2. The molecule has 7 rings (SSSR count). The molecule has 3 aromatic heterocycles. The van der Waals surface area contributed by atoms with Crippen LogP contribution < -0.4 is 10.6 Å². The molecule has 0 spiro atoms. The van der Waals surface area contributed by atoms with Gasteiger partial charge in [0.05, 0.1) is 73.1 Å². The monoisotopic (exact) mass is 818 g/mol. The van der Waals surface area contributed by atoms with Gasteiger partial charge in [-0.25, -0.2) is 19.6 Å². The second-order valence-electron chi connectivity index (χ2n) is 15.2. The normalized spacial score (nSPS) is 18.0. The Bertz CT molecular complexity index is 2360. The van der Waals surface area contributed by atoms with Crippen molar-refractivity contribution in [2.24, 2.45) is 5.92 Å². The second-order valence-corrected chi connectivity index (χ2v) is 15.2. The Kier molecular flexibility index (Phi) is 12.5. The summed E-state index contributed by atoms with van der Waals surface area (Å²) in [7, 11) is 4.01. The van der Waals surface area contributed by atoms with E-state index in [-0.39, 0.29) is 23.8 Å². The van der Waals surface area contributed by atoms with Gasteiger partial charge in [0, 0.05) is 31.3 Å². The van der Waals surface area contributed by atoms with Crippen LogP contribution in [0.25, 0.3) is 44.8 Å². The Morgan fingerprint density at radius 2 is 1.40 bits per heavy atom. The summed E-state index contributed by atoms with van der Waals surface area (Å²) in [5, 5.41) is 5.30. The van der Waals surface area contributed by atoms with Gasteiger partial charge in [0.25, 0.3) is 0 Å². The first-order chi connectivity index (χ1) is 29.0. The molecule has 314 valence electrons. The van der Waals surface area contributed by atoms with Gasteiger partial charge in [-0.1, -0.05) is 56.3 Å². The molecule has 0 bridgehead atoms. The number of nitrogens with zero attached hydrogens (tertiary/aromatic N) is 6. The number of hydrogen-bond donors (Lipinski definition) is 4. The van der Waals surface area contributed by atoms with Crippen molar-refractivity contribution in [3.8, 4) is 33.8 Å². The zero-order chi connectivity index (χ0) is 42.5. The number of hydrogen-bond acceptors (Lipinski definition) is 11. The van der Waals surface area contributed by atoms with Crippen LogP contribution in [-0.2, 0) is 23.8 Å². The van der Waals surface area contributed by atoms with Gasteiger partial charge < -0.3 is 44.6 Å². The van der Waals surface area contributed by atoms with Gasteiger partial charge in [-0.15, -0.1) is 0 Å². The quantitative estimate of drug-likeness (QED) is 0.112. The molecule has 2 aliphatic rings. The zero-order valence-corrected chi connectivity index (χ0v) is 34.5. The van der Waals surface area contributed by atoms with Gasteiger partial charge >= 0.3 is 12.2 Å². The number of imidazole rings is 2. The number of nitrogens with one attached hydrogen (secondary N) is 4. The van der Waals surface area contributed by atoms with Gasteiger partial charge in [0.15, 0.2) is 0 Å². The van der Waals surface area contributed by atoms with Gasteiger partial charge in [-0.3, -0.25) is 19.6 Å². The summed E-state index contributed by atoms with van der Waals surface area (Å²) >= 11 is 0. The van der Waals surface area contributed by atoms with E-state index in [0.717, 1.165) is 46.3 Å².